The highest BCUT2D eigenvalue weighted by Gasteiger charge is 2.47. The monoisotopic (exact) mass is 489 g/mol. The van der Waals surface area contributed by atoms with Crippen molar-refractivity contribution in [3.8, 4) is 11.5 Å². The number of aliphatic hydroxyl groups is 1. The minimum Gasteiger partial charge on any atom is -0.508 e. The topological polar surface area (TPSA) is 87.1 Å². The summed E-state index contributed by atoms with van der Waals surface area (Å²) >= 11 is 5.89. The fourth-order valence-corrected chi connectivity index (χ4v) is 3.79. The maximum Gasteiger partial charge on any atom is 0.573 e. The molecule has 1 saturated heterocycles. The predicted octanol–water partition coefficient (Wildman–Crippen LogP) is 5.57. The number of carbonyl (C=O) groups is 2. The maximum atomic E-state index is 13.1. The van der Waals surface area contributed by atoms with E-state index in [-0.39, 0.29) is 22.6 Å². The third-order valence-corrected chi connectivity index (χ3v) is 5.35. The van der Waals surface area contributed by atoms with Gasteiger partial charge in [0.15, 0.2) is 0 Å². The van der Waals surface area contributed by atoms with E-state index < -0.39 is 35.6 Å². The van der Waals surface area contributed by atoms with Crippen LogP contribution in [0.15, 0.2) is 78.4 Å². The number of anilines is 1. The van der Waals surface area contributed by atoms with E-state index in [1.54, 1.807) is 0 Å². The Kier molecular flexibility index (Phi) is 5.97. The van der Waals surface area contributed by atoms with Crippen LogP contribution in [0.4, 0.5) is 18.9 Å². The zero-order valence-electron chi connectivity index (χ0n) is 17.1. The van der Waals surface area contributed by atoms with Gasteiger partial charge in [0.05, 0.1) is 11.6 Å². The van der Waals surface area contributed by atoms with Crippen LogP contribution in [-0.2, 0) is 9.59 Å². The minimum atomic E-state index is -4.96. The van der Waals surface area contributed by atoms with Crippen LogP contribution >= 0.6 is 11.6 Å². The number of phenols is 1. The number of nitrogens with zero attached hydrogens (tertiary/aromatic N) is 1. The number of aromatic hydroxyl groups is 1. The van der Waals surface area contributed by atoms with Gasteiger partial charge in [-0.05, 0) is 54.1 Å². The molecule has 0 saturated carbocycles. The molecule has 10 heteroatoms. The lowest BCUT2D eigenvalue weighted by atomic mass is 9.95. The molecule has 2 N–H and O–H groups in total. The zero-order chi connectivity index (χ0) is 24.6. The van der Waals surface area contributed by atoms with E-state index in [9.17, 15) is 33.0 Å². The molecule has 0 bridgehead atoms. The molecule has 0 aliphatic carbocycles. The van der Waals surface area contributed by atoms with Crippen LogP contribution in [0.25, 0.3) is 5.76 Å². The summed E-state index contributed by atoms with van der Waals surface area (Å²) in [6.45, 7) is 0. The molecule has 4 rings (SSSR count). The molecule has 0 aromatic heterocycles. The number of halogens is 4. The number of carbonyl (C=O) groups excluding carboxylic acids is 2. The van der Waals surface area contributed by atoms with Crippen molar-refractivity contribution in [2.75, 3.05) is 4.90 Å². The van der Waals surface area contributed by atoms with Crippen LogP contribution in [0.1, 0.15) is 17.2 Å². The first-order valence-electron chi connectivity index (χ1n) is 9.77. The van der Waals surface area contributed by atoms with E-state index >= 15 is 0 Å². The van der Waals surface area contributed by atoms with Gasteiger partial charge in [0.2, 0.25) is 0 Å². The standard InChI is InChI=1S/C24H15ClF3NO5/c25-15-8-4-14(5-9-15)21(31)19-20(13-6-10-17(30)11-7-13)29(23(33)22(19)32)16-2-1-3-18(12-16)34-24(26,27)28/h1-12,20,30-31H/b21-19+. The van der Waals surface area contributed by atoms with Gasteiger partial charge in [-0.25, -0.2) is 0 Å². The van der Waals surface area contributed by atoms with Crippen molar-refractivity contribution in [1.29, 1.82) is 0 Å². The number of amides is 1. The molecule has 6 nitrogen and oxygen atoms in total. The molecule has 34 heavy (non-hydrogen) atoms. The van der Waals surface area contributed by atoms with Gasteiger partial charge in [-0.1, -0.05) is 29.8 Å². The Labute approximate surface area is 196 Å². The lowest BCUT2D eigenvalue weighted by Crippen LogP contribution is -2.29. The fourth-order valence-electron chi connectivity index (χ4n) is 3.66. The first-order chi connectivity index (χ1) is 16.0. The van der Waals surface area contributed by atoms with E-state index in [1.165, 1.54) is 60.7 Å². The largest absolute Gasteiger partial charge is 0.573 e. The molecule has 1 aliphatic heterocycles. The van der Waals surface area contributed by atoms with Crippen molar-refractivity contribution in [2.45, 2.75) is 12.4 Å². The first kappa shape index (κ1) is 23.2. The minimum absolute atomic E-state index is 0.0583. The van der Waals surface area contributed by atoms with Crippen LogP contribution in [-0.4, -0.2) is 28.3 Å². The van der Waals surface area contributed by atoms with E-state index in [4.69, 9.17) is 11.6 Å². The zero-order valence-corrected chi connectivity index (χ0v) is 17.8. The molecule has 1 atom stereocenters. The molecule has 174 valence electrons. The Morgan fingerprint density at radius 3 is 2.24 bits per heavy atom. The van der Waals surface area contributed by atoms with Gasteiger partial charge in [-0.15, -0.1) is 13.2 Å². The molecule has 0 spiro atoms. The van der Waals surface area contributed by atoms with E-state index in [0.717, 1.165) is 17.0 Å². The van der Waals surface area contributed by atoms with Crippen LogP contribution in [0.3, 0.4) is 0 Å². The lowest BCUT2D eigenvalue weighted by molar-refractivity contribution is -0.274. The molecule has 3 aromatic carbocycles. The molecule has 1 unspecified atom stereocenters. The van der Waals surface area contributed by atoms with Crippen molar-refractivity contribution >= 4 is 34.7 Å². The predicted molar refractivity (Wildman–Crippen MR) is 117 cm³/mol. The van der Waals surface area contributed by atoms with Crippen LogP contribution in [0.2, 0.25) is 5.02 Å². The van der Waals surface area contributed by atoms with E-state index in [1.807, 2.05) is 0 Å². The molecule has 1 amide bonds. The number of ether oxygens (including phenoxy) is 1. The number of rotatable bonds is 4. The second-order valence-electron chi connectivity index (χ2n) is 7.31. The van der Waals surface area contributed by atoms with E-state index in [2.05, 4.69) is 4.74 Å². The lowest BCUT2D eigenvalue weighted by Gasteiger charge is -2.26. The summed E-state index contributed by atoms with van der Waals surface area (Å²) in [5.74, 6) is -3.25. The number of ketones is 1. The third kappa shape index (κ3) is 4.55. The Balaban J connectivity index is 1.89. The van der Waals surface area contributed by atoms with Gasteiger partial charge in [0.25, 0.3) is 11.7 Å². The Hall–Kier alpha value is -3.98. The number of phenolic OH excluding ortho intramolecular Hbond substituents is 1. The number of alkyl halides is 3. The van der Waals surface area contributed by atoms with Gasteiger partial charge in [-0.3, -0.25) is 14.5 Å². The highest BCUT2D eigenvalue weighted by Crippen LogP contribution is 2.43. The Bertz CT molecular complexity index is 1290. The number of aliphatic hydroxyl groups excluding tert-OH is 1. The summed E-state index contributed by atoms with van der Waals surface area (Å²) in [6.07, 6.45) is -4.96. The van der Waals surface area contributed by atoms with Crippen LogP contribution in [0.5, 0.6) is 11.5 Å². The summed E-state index contributed by atoms with van der Waals surface area (Å²) in [5.41, 5.74) is 0.201. The number of hydrogen-bond acceptors (Lipinski definition) is 5. The summed E-state index contributed by atoms with van der Waals surface area (Å²) in [4.78, 5) is 27.1. The Morgan fingerprint density at radius 2 is 1.62 bits per heavy atom. The average Bonchev–Trinajstić information content (AvgIpc) is 3.04. The molecule has 1 heterocycles. The van der Waals surface area contributed by atoms with Crippen molar-refractivity contribution < 1.29 is 37.7 Å². The van der Waals surface area contributed by atoms with Crippen molar-refractivity contribution in [3.05, 3.63) is 94.5 Å². The van der Waals surface area contributed by atoms with Gasteiger partial charge in [-0.2, -0.15) is 0 Å². The highest BCUT2D eigenvalue weighted by molar-refractivity contribution is 6.51. The summed E-state index contributed by atoms with van der Waals surface area (Å²) in [7, 11) is 0. The number of hydrogen-bond donors (Lipinski definition) is 2. The quantitative estimate of drug-likeness (QED) is 0.284. The molecule has 1 fully saturated rings. The summed E-state index contributed by atoms with van der Waals surface area (Å²) < 4.78 is 42.1. The fraction of sp³-hybridized carbons (Fsp3) is 0.0833. The second-order valence-corrected chi connectivity index (χ2v) is 7.75. The van der Waals surface area contributed by atoms with Crippen LogP contribution < -0.4 is 9.64 Å². The van der Waals surface area contributed by atoms with Gasteiger partial charge in [0, 0.05) is 22.3 Å². The Morgan fingerprint density at radius 1 is 0.971 bits per heavy atom. The summed E-state index contributed by atoms with van der Waals surface area (Å²) in [6, 6.07) is 14.8. The first-order valence-corrected chi connectivity index (χ1v) is 10.1. The van der Waals surface area contributed by atoms with Gasteiger partial charge < -0.3 is 14.9 Å². The van der Waals surface area contributed by atoms with Gasteiger partial charge in [0.1, 0.15) is 17.3 Å². The molecular weight excluding hydrogens is 475 g/mol. The number of benzene rings is 3. The third-order valence-electron chi connectivity index (χ3n) is 5.10. The van der Waals surface area contributed by atoms with Gasteiger partial charge >= 0.3 is 6.36 Å². The maximum absolute atomic E-state index is 13.1. The number of Topliss-reactive ketones (excluding diaryl/α,β-unsaturated/α-hetero) is 1. The van der Waals surface area contributed by atoms with Crippen molar-refractivity contribution in [2.24, 2.45) is 0 Å². The smallest absolute Gasteiger partial charge is 0.508 e. The van der Waals surface area contributed by atoms with Crippen LogP contribution in [0, 0.1) is 0 Å². The SMILES string of the molecule is O=C1C(=O)N(c2cccc(OC(F)(F)F)c2)C(c2ccc(O)cc2)/C1=C(\O)c1ccc(Cl)cc1. The molecule has 3 aromatic rings. The molecule has 1 aliphatic rings. The summed E-state index contributed by atoms with van der Waals surface area (Å²) in [5, 5.41) is 21.0. The normalized spacial score (nSPS) is 17.8. The van der Waals surface area contributed by atoms with E-state index in [0.29, 0.717) is 10.6 Å². The second kappa shape index (κ2) is 8.75. The average molecular weight is 490 g/mol. The molecular formula is C24H15ClF3NO5. The highest BCUT2D eigenvalue weighted by atomic mass is 35.5. The molecule has 0 radical (unpaired) electrons. The van der Waals surface area contributed by atoms with Crippen molar-refractivity contribution in [1.82, 2.24) is 0 Å². The van der Waals surface area contributed by atoms with Crippen molar-refractivity contribution in [3.63, 3.8) is 0 Å².